The van der Waals surface area contributed by atoms with Crippen LogP contribution in [0.15, 0.2) is 177 Å². The second-order valence-corrected chi connectivity index (χ2v) is 14.5. The molecular formula is C45H32S2. The summed E-state index contributed by atoms with van der Waals surface area (Å²) in [5.74, 6) is 0. The van der Waals surface area contributed by atoms with E-state index in [1.807, 2.05) is 23.5 Å². The van der Waals surface area contributed by atoms with Crippen molar-refractivity contribution in [3.63, 3.8) is 0 Å². The fourth-order valence-corrected chi connectivity index (χ4v) is 9.52. The molecule has 0 N–H and O–H groups in total. The number of benzene rings is 7. The number of hydrogen-bond donors (Lipinski definition) is 0. The standard InChI is InChI=1S/C45H32S2/c1-2-29-11-9-12-30(22-21-29)32-25-33(27-34(26-32)35-17-10-20-44-45(35)47-43-19-8-7-18-42(43)46-44)31-23-24-40-38-15-4-3-13-36(38)37-14-5-6-16-39(37)41(40)28-31/h3-20,22-28H,2,21H2,1H3. The summed E-state index contributed by atoms with van der Waals surface area (Å²) >= 11 is 3.78. The van der Waals surface area contributed by atoms with Crippen molar-refractivity contribution < 1.29 is 0 Å². The van der Waals surface area contributed by atoms with Gasteiger partial charge in [0, 0.05) is 19.6 Å². The Kier molecular flexibility index (Phi) is 7.14. The molecule has 224 valence electrons. The predicted molar refractivity (Wildman–Crippen MR) is 205 cm³/mol. The minimum atomic E-state index is 0.984. The molecule has 0 radical (unpaired) electrons. The van der Waals surface area contributed by atoms with Crippen LogP contribution in [0, 0.1) is 0 Å². The smallest absolute Gasteiger partial charge is 0.0340 e. The molecule has 7 aromatic carbocycles. The van der Waals surface area contributed by atoms with Crippen LogP contribution < -0.4 is 0 Å². The molecule has 0 fully saturated rings. The van der Waals surface area contributed by atoms with Gasteiger partial charge in [-0.15, -0.1) is 0 Å². The maximum atomic E-state index is 2.42. The topological polar surface area (TPSA) is 0 Å². The first-order chi connectivity index (χ1) is 23.2. The molecule has 0 spiro atoms. The molecule has 7 aromatic rings. The Balaban J connectivity index is 1.26. The molecule has 1 heterocycles. The number of fused-ring (bicyclic) bond motifs is 8. The third kappa shape index (κ3) is 5.04. The van der Waals surface area contributed by atoms with E-state index in [1.165, 1.54) is 90.9 Å². The Hall–Kier alpha value is -4.76. The van der Waals surface area contributed by atoms with Gasteiger partial charge < -0.3 is 0 Å². The highest BCUT2D eigenvalue weighted by atomic mass is 32.2. The van der Waals surface area contributed by atoms with Gasteiger partial charge >= 0.3 is 0 Å². The van der Waals surface area contributed by atoms with Crippen molar-refractivity contribution in [1.29, 1.82) is 0 Å². The molecule has 2 aliphatic rings. The van der Waals surface area contributed by atoms with Gasteiger partial charge in [-0.1, -0.05) is 145 Å². The van der Waals surface area contributed by atoms with Gasteiger partial charge in [-0.25, -0.2) is 0 Å². The Morgan fingerprint density at radius 1 is 0.511 bits per heavy atom. The number of hydrogen-bond acceptors (Lipinski definition) is 2. The van der Waals surface area contributed by atoms with Gasteiger partial charge in [-0.2, -0.15) is 0 Å². The van der Waals surface area contributed by atoms with Crippen LogP contribution in [0.25, 0.3) is 60.1 Å². The van der Waals surface area contributed by atoms with Crippen LogP contribution in [0.3, 0.4) is 0 Å². The van der Waals surface area contributed by atoms with E-state index in [2.05, 4.69) is 159 Å². The summed E-state index contributed by atoms with van der Waals surface area (Å²) in [6, 6.07) is 47.5. The summed E-state index contributed by atoms with van der Waals surface area (Å²) in [5, 5.41) is 7.83. The predicted octanol–water partition coefficient (Wildman–Crippen LogP) is 13.8. The van der Waals surface area contributed by atoms with Gasteiger partial charge in [0.1, 0.15) is 0 Å². The molecule has 0 unspecified atom stereocenters. The summed E-state index contributed by atoms with van der Waals surface area (Å²) in [6.45, 7) is 2.25. The summed E-state index contributed by atoms with van der Waals surface area (Å²) < 4.78 is 0. The van der Waals surface area contributed by atoms with Crippen LogP contribution in [0.4, 0.5) is 0 Å². The van der Waals surface area contributed by atoms with Gasteiger partial charge in [-0.3, -0.25) is 0 Å². The molecule has 9 rings (SSSR count). The van der Waals surface area contributed by atoms with Gasteiger partial charge in [-0.05, 0) is 121 Å². The fourth-order valence-electron chi connectivity index (χ4n) is 7.12. The van der Waals surface area contributed by atoms with Crippen molar-refractivity contribution >= 4 is 61.4 Å². The molecule has 1 aliphatic heterocycles. The highest BCUT2D eigenvalue weighted by molar-refractivity contribution is 8.05. The number of rotatable bonds is 4. The van der Waals surface area contributed by atoms with E-state index in [1.54, 1.807) is 0 Å². The molecule has 0 nitrogen and oxygen atoms in total. The lowest BCUT2D eigenvalue weighted by Gasteiger charge is -2.22. The first-order valence-electron chi connectivity index (χ1n) is 16.4. The third-order valence-electron chi connectivity index (χ3n) is 9.56. The van der Waals surface area contributed by atoms with E-state index in [-0.39, 0.29) is 0 Å². The molecular weight excluding hydrogens is 605 g/mol. The van der Waals surface area contributed by atoms with E-state index in [9.17, 15) is 0 Å². The molecule has 0 atom stereocenters. The lowest BCUT2D eigenvalue weighted by Crippen LogP contribution is -1.94. The largest absolute Gasteiger partial charge is 0.0877 e. The number of allylic oxidation sites excluding steroid dienone is 6. The molecule has 0 aromatic heterocycles. The SMILES string of the molecule is CCC1=CC=CC(c2cc(-c3ccc4c5ccccc5c5ccccc5c4c3)cc(-c3cccc4c3Sc3ccccc3S4)c2)=CC1. The molecule has 1 aliphatic carbocycles. The van der Waals surface area contributed by atoms with Crippen molar-refractivity contribution in [3.8, 4) is 22.3 Å². The van der Waals surface area contributed by atoms with Crippen molar-refractivity contribution in [2.45, 2.75) is 39.3 Å². The Morgan fingerprint density at radius 2 is 1.13 bits per heavy atom. The van der Waals surface area contributed by atoms with Crippen molar-refractivity contribution in [2.24, 2.45) is 0 Å². The van der Waals surface area contributed by atoms with Crippen LogP contribution >= 0.6 is 23.5 Å². The minimum absolute atomic E-state index is 0.984. The summed E-state index contributed by atoms with van der Waals surface area (Å²) in [5.41, 5.74) is 9.03. The molecule has 0 saturated heterocycles. The van der Waals surface area contributed by atoms with Crippen molar-refractivity contribution in [3.05, 3.63) is 163 Å². The molecule has 2 heteroatoms. The molecule has 0 amide bonds. The maximum Gasteiger partial charge on any atom is 0.0340 e. The summed E-state index contributed by atoms with van der Waals surface area (Å²) in [6.07, 6.45) is 11.3. The minimum Gasteiger partial charge on any atom is -0.0877 e. The zero-order valence-corrected chi connectivity index (χ0v) is 27.8. The summed E-state index contributed by atoms with van der Waals surface area (Å²) in [4.78, 5) is 5.33. The highest BCUT2D eigenvalue weighted by Gasteiger charge is 2.21. The Labute approximate surface area is 284 Å². The highest BCUT2D eigenvalue weighted by Crippen LogP contribution is 2.52. The Bertz CT molecular complexity index is 2440. The maximum absolute atomic E-state index is 2.42. The van der Waals surface area contributed by atoms with E-state index in [0.29, 0.717) is 0 Å². The zero-order valence-electron chi connectivity index (χ0n) is 26.2. The molecule has 0 saturated carbocycles. The van der Waals surface area contributed by atoms with Crippen LogP contribution in [-0.2, 0) is 0 Å². The van der Waals surface area contributed by atoms with Crippen LogP contribution in [0.1, 0.15) is 25.3 Å². The van der Waals surface area contributed by atoms with Crippen LogP contribution in [0.5, 0.6) is 0 Å². The average molecular weight is 637 g/mol. The third-order valence-corrected chi connectivity index (χ3v) is 12.2. The van der Waals surface area contributed by atoms with Gasteiger partial charge in [0.15, 0.2) is 0 Å². The van der Waals surface area contributed by atoms with Crippen molar-refractivity contribution in [1.82, 2.24) is 0 Å². The van der Waals surface area contributed by atoms with Crippen molar-refractivity contribution in [2.75, 3.05) is 0 Å². The fraction of sp³-hybridized carbons (Fsp3) is 0.0667. The lowest BCUT2D eigenvalue weighted by molar-refractivity contribution is 1.04. The second-order valence-electron chi connectivity index (χ2n) is 12.3. The van der Waals surface area contributed by atoms with Gasteiger partial charge in [0.05, 0.1) is 0 Å². The first kappa shape index (κ1) is 28.5. The quantitative estimate of drug-likeness (QED) is 0.176. The van der Waals surface area contributed by atoms with E-state index >= 15 is 0 Å². The first-order valence-corrected chi connectivity index (χ1v) is 18.0. The zero-order chi connectivity index (χ0) is 31.3. The van der Waals surface area contributed by atoms with Crippen LogP contribution in [0.2, 0.25) is 0 Å². The van der Waals surface area contributed by atoms with Crippen LogP contribution in [-0.4, -0.2) is 0 Å². The van der Waals surface area contributed by atoms with Gasteiger partial charge in [0.25, 0.3) is 0 Å². The van der Waals surface area contributed by atoms with E-state index < -0.39 is 0 Å². The van der Waals surface area contributed by atoms with E-state index in [0.717, 1.165) is 12.8 Å². The lowest BCUT2D eigenvalue weighted by atomic mass is 9.89. The summed E-state index contributed by atoms with van der Waals surface area (Å²) in [7, 11) is 0. The monoisotopic (exact) mass is 636 g/mol. The van der Waals surface area contributed by atoms with Gasteiger partial charge in [0.2, 0.25) is 0 Å². The Morgan fingerprint density at radius 3 is 1.87 bits per heavy atom. The molecule has 47 heavy (non-hydrogen) atoms. The molecule has 0 bridgehead atoms. The second kappa shape index (κ2) is 11.8. The van der Waals surface area contributed by atoms with E-state index in [4.69, 9.17) is 0 Å². The average Bonchev–Trinajstić information content (AvgIpc) is 3.39. The normalized spacial score (nSPS) is 14.1.